The van der Waals surface area contributed by atoms with Gasteiger partial charge in [0.15, 0.2) is 0 Å². The quantitative estimate of drug-likeness (QED) is 0.932. The van der Waals surface area contributed by atoms with Crippen LogP contribution in [0.15, 0.2) is 18.2 Å². The number of aliphatic hydroxyl groups is 1. The monoisotopic (exact) mass is 292 g/mol. The molecule has 3 nitrogen and oxygen atoms in total. The molecule has 1 heterocycles. The molecule has 20 heavy (non-hydrogen) atoms. The molecule has 0 aliphatic carbocycles. The van der Waals surface area contributed by atoms with E-state index in [-0.39, 0.29) is 5.92 Å². The van der Waals surface area contributed by atoms with E-state index in [0.29, 0.717) is 10.7 Å². The van der Waals surface area contributed by atoms with Crippen LogP contribution in [0.5, 0.6) is 0 Å². The number of aliphatic hydroxyl groups excluding tert-OH is 1. The number of hydrogen-bond donors (Lipinski definition) is 1. The highest BCUT2D eigenvalue weighted by Crippen LogP contribution is 2.34. The zero-order valence-corrected chi connectivity index (χ0v) is 13.4. The van der Waals surface area contributed by atoms with Crippen molar-refractivity contribution in [3.05, 3.63) is 51.3 Å². The van der Waals surface area contributed by atoms with Crippen LogP contribution >= 0.6 is 11.6 Å². The Morgan fingerprint density at radius 3 is 2.20 bits per heavy atom. The molecule has 2 rings (SSSR count). The zero-order chi connectivity index (χ0) is 15.0. The van der Waals surface area contributed by atoms with Gasteiger partial charge in [-0.2, -0.15) is 5.10 Å². The maximum absolute atomic E-state index is 10.7. The van der Waals surface area contributed by atoms with Crippen molar-refractivity contribution in [3.8, 4) is 0 Å². The van der Waals surface area contributed by atoms with Crippen molar-refractivity contribution in [2.45, 2.75) is 39.7 Å². The van der Waals surface area contributed by atoms with Crippen molar-refractivity contribution in [2.75, 3.05) is 0 Å². The summed E-state index contributed by atoms with van der Waals surface area (Å²) in [6.07, 6.45) is -0.743. The van der Waals surface area contributed by atoms with Crippen molar-refractivity contribution in [2.24, 2.45) is 7.05 Å². The van der Waals surface area contributed by atoms with Gasteiger partial charge in [-0.1, -0.05) is 54.8 Å². The second kappa shape index (κ2) is 5.58. The van der Waals surface area contributed by atoms with E-state index in [1.54, 1.807) is 11.7 Å². The van der Waals surface area contributed by atoms with E-state index < -0.39 is 6.10 Å². The fraction of sp³-hybridized carbons (Fsp3) is 0.438. The van der Waals surface area contributed by atoms with Gasteiger partial charge in [-0.3, -0.25) is 4.68 Å². The molecule has 0 aliphatic rings. The Labute approximate surface area is 125 Å². The Morgan fingerprint density at radius 2 is 1.70 bits per heavy atom. The zero-order valence-electron chi connectivity index (χ0n) is 12.6. The van der Waals surface area contributed by atoms with Gasteiger partial charge in [-0.25, -0.2) is 0 Å². The summed E-state index contributed by atoms with van der Waals surface area (Å²) in [4.78, 5) is 0. The summed E-state index contributed by atoms with van der Waals surface area (Å²) in [5, 5.41) is 15.7. The van der Waals surface area contributed by atoms with Crippen LogP contribution in [-0.4, -0.2) is 14.9 Å². The third-order valence-electron chi connectivity index (χ3n) is 3.42. The van der Waals surface area contributed by atoms with E-state index in [1.807, 2.05) is 26.0 Å². The standard InChI is InChI=1S/C16H21ClN2O/c1-9(2)14-13(16(17)19(5)18-14)15(20)12-7-10(3)6-11(4)8-12/h6-9,15,20H,1-5H3. The number of aryl methyl sites for hydroxylation is 3. The number of hydrogen-bond acceptors (Lipinski definition) is 2. The summed E-state index contributed by atoms with van der Waals surface area (Å²) < 4.78 is 1.62. The second-order valence-electron chi connectivity index (χ2n) is 5.69. The molecule has 0 bridgehead atoms. The SMILES string of the molecule is Cc1cc(C)cc(C(O)c2c(C(C)C)nn(C)c2Cl)c1. The molecule has 0 saturated heterocycles. The third-order valence-corrected chi connectivity index (χ3v) is 3.87. The first-order valence-electron chi connectivity index (χ1n) is 6.79. The molecule has 108 valence electrons. The van der Waals surface area contributed by atoms with Crippen molar-refractivity contribution in [1.29, 1.82) is 0 Å². The van der Waals surface area contributed by atoms with Crippen molar-refractivity contribution >= 4 is 11.6 Å². The Hall–Kier alpha value is -1.32. The Morgan fingerprint density at radius 1 is 1.15 bits per heavy atom. The maximum atomic E-state index is 10.7. The minimum Gasteiger partial charge on any atom is -0.383 e. The summed E-state index contributed by atoms with van der Waals surface area (Å²) in [7, 11) is 1.80. The molecule has 1 N–H and O–H groups in total. The summed E-state index contributed by atoms with van der Waals surface area (Å²) in [6, 6.07) is 6.07. The lowest BCUT2D eigenvalue weighted by molar-refractivity contribution is 0.218. The Balaban J connectivity index is 2.55. The summed E-state index contributed by atoms with van der Waals surface area (Å²) in [6.45, 7) is 8.15. The molecule has 2 aromatic rings. The molecule has 0 amide bonds. The number of nitrogens with zero attached hydrogens (tertiary/aromatic N) is 2. The third kappa shape index (κ3) is 2.74. The van der Waals surface area contributed by atoms with Gasteiger partial charge in [-0.15, -0.1) is 0 Å². The van der Waals surface area contributed by atoms with Gasteiger partial charge in [0.1, 0.15) is 11.3 Å². The molecular formula is C16H21ClN2O. The van der Waals surface area contributed by atoms with Crippen molar-refractivity contribution in [3.63, 3.8) is 0 Å². The lowest BCUT2D eigenvalue weighted by Gasteiger charge is -2.15. The average Bonchev–Trinajstić information content (AvgIpc) is 2.64. The molecule has 0 radical (unpaired) electrons. The summed E-state index contributed by atoms with van der Waals surface area (Å²) >= 11 is 6.32. The first kappa shape index (κ1) is 15.1. The number of halogens is 1. The van der Waals surface area contributed by atoms with Crippen LogP contribution < -0.4 is 0 Å². The number of aromatic nitrogens is 2. The average molecular weight is 293 g/mol. The molecule has 0 fully saturated rings. The topological polar surface area (TPSA) is 38.1 Å². The highest BCUT2D eigenvalue weighted by Gasteiger charge is 2.24. The van der Waals surface area contributed by atoms with Gasteiger partial charge >= 0.3 is 0 Å². The van der Waals surface area contributed by atoms with E-state index in [0.717, 1.165) is 22.4 Å². The van der Waals surface area contributed by atoms with Gasteiger partial charge in [-0.05, 0) is 25.3 Å². The number of rotatable bonds is 3. The predicted molar refractivity (Wildman–Crippen MR) is 82.3 cm³/mol. The van der Waals surface area contributed by atoms with E-state index in [2.05, 4.69) is 25.0 Å². The van der Waals surface area contributed by atoms with Crippen LogP contribution in [-0.2, 0) is 7.05 Å². The first-order valence-corrected chi connectivity index (χ1v) is 7.17. The minimum atomic E-state index is -0.743. The minimum absolute atomic E-state index is 0.212. The van der Waals surface area contributed by atoms with Crippen LogP contribution in [0, 0.1) is 13.8 Å². The van der Waals surface area contributed by atoms with Gasteiger partial charge in [0.2, 0.25) is 0 Å². The van der Waals surface area contributed by atoms with E-state index >= 15 is 0 Å². The lowest BCUT2D eigenvalue weighted by atomic mass is 9.95. The largest absolute Gasteiger partial charge is 0.383 e. The molecule has 1 aromatic heterocycles. The van der Waals surface area contributed by atoms with Gasteiger partial charge < -0.3 is 5.11 Å². The van der Waals surface area contributed by atoms with Crippen LogP contribution in [0.4, 0.5) is 0 Å². The second-order valence-corrected chi connectivity index (χ2v) is 6.05. The highest BCUT2D eigenvalue weighted by atomic mass is 35.5. The van der Waals surface area contributed by atoms with Crippen molar-refractivity contribution < 1.29 is 5.11 Å². The first-order chi connectivity index (χ1) is 9.31. The van der Waals surface area contributed by atoms with E-state index in [4.69, 9.17) is 11.6 Å². The van der Waals surface area contributed by atoms with Gasteiger partial charge in [0, 0.05) is 12.6 Å². The predicted octanol–water partition coefficient (Wildman–Crippen LogP) is 3.90. The molecule has 1 aromatic carbocycles. The highest BCUT2D eigenvalue weighted by molar-refractivity contribution is 6.30. The van der Waals surface area contributed by atoms with Crippen LogP contribution in [0.3, 0.4) is 0 Å². The fourth-order valence-electron chi connectivity index (χ4n) is 2.55. The molecule has 1 atom stereocenters. The lowest BCUT2D eigenvalue weighted by Crippen LogP contribution is -2.05. The van der Waals surface area contributed by atoms with Gasteiger partial charge in [0.05, 0.1) is 5.69 Å². The molecular weight excluding hydrogens is 272 g/mol. The van der Waals surface area contributed by atoms with E-state index in [9.17, 15) is 5.11 Å². The van der Waals surface area contributed by atoms with E-state index in [1.165, 1.54) is 0 Å². The Bertz CT molecular complexity index is 611. The molecule has 1 unspecified atom stereocenters. The summed E-state index contributed by atoms with van der Waals surface area (Å²) in [5.41, 5.74) is 4.69. The molecule has 4 heteroatoms. The fourth-order valence-corrected chi connectivity index (χ4v) is 2.79. The Kier molecular flexibility index (Phi) is 4.21. The van der Waals surface area contributed by atoms with Crippen molar-refractivity contribution in [1.82, 2.24) is 9.78 Å². The number of benzene rings is 1. The van der Waals surface area contributed by atoms with Crippen LogP contribution in [0.25, 0.3) is 0 Å². The van der Waals surface area contributed by atoms with Crippen LogP contribution in [0.2, 0.25) is 5.15 Å². The molecule has 0 aliphatic heterocycles. The van der Waals surface area contributed by atoms with Crippen LogP contribution in [0.1, 0.15) is 53.8 Å². The summed E-state index contributed by atoms with van der Waals surface area (Å²) in [5.74, 6) is 0.212. The normalized spacial score (nSPS) is 13.0. The van der Waals surface area contributed by atoms with Gasteiger partial charge in [0.25, 0.3) is 0 Å². The molecule has 0 saturated carbocycles. The molecule has 0 spiro atoms. The smallest absolute Gasteiger partial charge is 0.133 e. The maximum Gasteiger partial charge on any atom is 0.133 e.